The number of rotatable bonds is 13. The molecule has 3 aromatic carbocycles. The van der Waals surface area contributed by atoms with E-state index < -0.39 is 6.55 Å². The molecule has 3 aromatic heterocycles. The average molecular weight is 678 g/mol. The summed E-state index contributed by atoms with van der Waals surface area (Å²) < 4.78 is 37.8. The highest BCUT2D eigenvalue weighted by molar-refractivity contribution is 5.76. The highest BCUT2D eigenvalue weighted by Crippen LogP contribution is 2.29. The van der Waals surface area contributed by atoms with Crippen LogP contribution in [-0.2, 0) is 19.6 Å². The number of fused-ring (bicyclic) bond motifs is 2. The number of pyridine rings is 1. The van der Waals surface area contributed by atoms with Crippen LogP contribution in [0.5, 0.6) is 5.75 Å². The van der Waals surface area contributed by atoms with Crippen LogP contribution in [0, 0.1) is 0 Å². The van der Waals surface area contributed by atoms with Crippen LogP contribution in [-0.4, -0.2) is 59.6 Å². The van der Waals surface area contributed by atoms with E-state index in [1.165, 1.54) is 19.3 Å². The van der Waals surface area contributed by atoms with Gasteiger partial charge in [-0.2, -0.15) is 8.78 Å². The highest BCUT2D eigenvalue weighted by Gasteiger charge is 2.24. The SMILES string of the molecule is CC(C)N(Cc1ccc(-c2cccc(OCCn3c(C(C)N4CCCCC4)nc4ccccc43)c2)cn1)Cc1nc2ccccc2n1C(F)F. The zero-order valence-corrected chi connectivity index (χ0v) is 29.1. The van der Waals surface area contributed by atoms with Crippen LogP contribution in [0.1, 0.15) is 70.0 Å². The molecule has 0 bridgehead atoms. The fourth-order valence-electron chi connectivity index (χ4n) is 7.06. The molecule has 0 spiro atoms. The Kier molecular flexibility index (Phi) is 10.2. The van der Waals surface area contributed by atoms with Crippen molar-refractivity contribution in [1.29, 1.82) is 0 Å². The molecule has 1 atom stereocenters. The second kappa shape index (κ2) is 15.1. The standard InChI is InChI=1S/C40H45F2N7O/c1-28(2)47(27-38-44-35-15-6-8-17-37(35)49(38)40(41)42)26-32-19-18-31(25-43-32)30-12-11-13-33(24-30)50-23-22-48-36-16-7-5-14-34(36)45-39(48)29(3)46-20-9-4-10-21-46/h5-8,11-19,24-25,28-29,40H,4,9-10,20-23,26-27H2,1-3H3. The summed E-state index contributed by atoms with van der Waals surface area (Å²) in [5.41, 5.74) is 6.03. The summed E-state index contributed by atoms with van der Waals surface area (Å²) in [5.74, 6) is 2.24. The van der Waals surface area contributed by atoms with E-state index in [-0.39, 0.29) is 18.6 Å². The van der Waals surface area contributed by atoms with Crippen molar-refractivity contribution >= 4 is 22.1 Å². The largest absolute Gasteiger partial charge is 0.492 e. The van der Waals surface area contributed by atoms with E-state index in [0.717, 1.165) is 57.1 Å². The van der Waals surface area contributed by atoms with Gasteiger partial charge in [0.25, 0.3) is 0 Å². The Hall–Kier alpha value is -4.67. The number of imidazole rings is 2. The van der Waals surface area contributed by atoms with Gasteiger partial charge in [0.05, 0.1) is 46.9 Å². The Labute approximate surface area is 292 Å². The number of ether oxygens (including phenoxy) is 1. The fourth-order valence-corrected chi connectivity index (χ4v) is 7.06. The van der Waals surface area contributed by atoms with Crippen molar-refractivity contribution in [3.63, 3.8) is 0 Å². The van der Waals surface area contributed by atoms with Gasteiger partial charge in [0.15, 0.2) is 0 Å². The first kappa shape index (κ1) is 33.8. The normalized spacial score (nSPS) is 14.8. The lowest BCUT2D eigenvalue weighted by molar-refractivity contribution is 0.0666. The topological polar surface area (TPSA) is 64.2 Å². The van der Waals surface area contributed by atoms with Crippen LogP contribution >= 0.6 is 0 Å². The van der Waals surface area contributed by atoms with Crippen LogP contribution in [0.25, 0.3) is 33.2 Å². The van der Waals surface area contributed by atoms with E-state index in [4.69, 9.17) is 14.7 Å². The molecule has 1 fully saturated rings. The molecular weight excluding hydrogens is 632 g/mol. The van der Waals surface area contributed by atoms with E-state index in [9.17, 15) is 8.78 Å². The van der Waals surface area contributed by atoms with E-state index >= 15 is 0 Å². The maximum Gasteiger partial charge on any atom is 0.320 e. The zero-order valence-electron chi connectivity index (χ0n) is 29.1. The molecule has 0 saturated carbocycles. The second-order valence-electron chi connectivity index (χ2n) is 13.5. The van der Waals surface area contributed by atoms with E-state index in [0.29, 0.717) is 36.6 Å². The fraction of sp³-hybridized carbons (Fsp3) is 0.375. The molecule has 6 aromatic rings. The van der Waals surface area contributed by atoms with Gasteiger partial charge in [0, 0.05) is 24.3 Å². The lowest BCUT2D eigenvalue weighted by Crippen LogP contribution is -2.34. The third-order valence-corrected chi connectivity index (χ3v) is 9.88. The molecule has 260 valence electrons. The molecule has 10 heteroatoms. The second-order valence-corrected chi connectivity index (χ2v) is 13.5. The van der Waals surface area contributed by atoms with Crippen molar-refractivity contribution in [2.75, 3.05) is 19.7 Å². The van der Waals surface area contributed by atoms with Gasteiger partial charge in [-0.25, -0.2) is 9.97 Å². The Morgan fingerprint density at radius 2 is 1.52 bits per heavy atom. The summed E-state index contributed by atoms with van der Waals surface area (Å²) >= 11 is 0. The van der Waals surface area contributed by atoms with E-state index in [1.807, 2.05) is 36.5 Å². The van der Waals surface area contributed by atoms with Crippen LogP contribution in [0.2, 0.25) is 0 Å². The van der Waals surface area contributed by atoms with Crippen LogP contribution in [0.4, 0.5) is 8.78 Å². The van der Waals surface area contributed by atoms with Gasteiger partial charge in [-0.05, 0) is 94.7 Å². The number of aromatic nitrogens is 5. The summed E-state index contributed by atoms with van der Waals surface area (Å²) in [6, 6.07) is 27.9. The number of likely N-dealkylation sites (tertiary alicyclic amines) is 1. The van der Waals surface area contributed by atoms with Gasteiger partial charge >= 0.3 is 6.55 Å². The summed E-state index contributed by atoms with van der Waals surface area (Å²) in [7, 11) is 0. The maximum absolute atomic E-state index is 14.1. The molecule has 4 heterocycles. The molecule has 50 heavy (non-hydrogen) atoms. The average Bonchev–Trinajstić information content (AvgIpc) is 3.70. The minimum Gasteiger partial charge on any atom is -0.492 e. The molecule has 1 unspecified atom stereocenters. The lowest BCUT2D eigenvalue weighted by atomic mass is 10.1. The third kappa shape index (κ3) is 7.27. The lowest BCUT2D eigenvalue weighted by Gasteiger charge is -2.32. The smallest absolute Gasteiger partial charge is 0.320 e. The first-order valence-corrected chi connectivity index (χ1v) is 17.7. The minimum atomic E-state index is -2.67. The molecular formula is C40H45F2N7O. The number of alkyl halides is 2. The van der Waals surface area contributed by atoms with Crippen molar-refractivity contribution in [2.24, 2.45) is 0 Å². The number of hydrogen-bond donors (Lipinski definition) is 0. The summed E-state index contributed by atoms with van der Waals surface area (Å²) in [5, 5.41) is 0. The van der Waals surface area contributed by atoms with Crippen molar-refractivity contribution in [3.05, 3.63) is 108 Å². The number of halogens is 2. The molecule has 8 nitrogen and oxygen atoms in total. The molecule has 0 radical (unpaired) electrons. The molecule has 1 aliphatic rings. The van der Waals surface area contributed by atoms with Crippen molar-refractivity contribution in [3.8, 4) is 16.9 Å². The van der Waals surface area contributed by atoms with Crippen molar-refractivity contribution < 1.29 is 13.5 Å². The van der Waals surface area contributed by atoms with Crippen molar-refractivity contribution in [2.45, 2.75) is 78.3 Å². The number of hydrogen-bond acceptors (Lipinski definition) is 6. The van der Waals surface area contributed by atoms with Crippen LogP contribution in [0.15, 0.2) is 91.1 Å². The first-order chi connectivity index (χ1) is 24.4. The maximum atomic E-state index is 14.1. The molecule has 1 saturated heterocycles. The number of para-hydroxylation sites is 4. The van der Waals surface area contributed by atoms with Gasteiger partial charge in [-0.15, -0.1) is 0 Å². The van der Waals surface area contributed by atoms with Crippen LogP contribution in [0.3, 0.4) is 0 Å². The zero-order chi connectivity index (χ0) is 34.6. The number of nitrogens with zero attached hydrogens (tertiary/aromatic N) is 7. The van der Waals surface area contributed by atoms with E-state index in [1.54, 1.807) is 18.2 Å². The molecule has 0 amide bonds. The summed E-state index contributed by atoms with van der Waals surface area (Å²) in [6.07, 6.45) is 5.66. The first-order valence-electron chi connectivity index (χ1n) is 17.7. The number of piperidine rings is 1. The van der Waals surface area contributed by atoms with E-state index in [2.05, 4.69) is 76.5 Å². The summed E-state index contributed by atoms with van der Waals surface area (Å²) in [6.45, 7) is 7.97. The van der Waals surface area contributed by atoms with Gasteiger partial charge in [0.1, 0.15) is 24.0 Å². The highest BCUT2D eigenvalue weighted by atomic mass is 19.3. The monoisotopic (exact) mass is 677 g/mol. The third-order valence-electron chi connectivity index (χ3n) is 9.88. The predicted octanol–water partition coefficient (Wildman–Crippen LogP) is 8.88. The van der Waals surface area contributed by atoms with Gasteiger partial charge in [-0.1, -0.05) is 48.9 Å². The van der Waals surface area contributed by atoms with Gasteiger partial charge < -0.3 is 9.30 Å². The van der Waals surface area contributed by atoms with Crippen LogP contribution < -0.4 is 4.74 Å². The Bertz CT molecular complexity index is 2030. The Morgan fingerprint density at radius 1 is 0.780 bits per heavy atom. The molecule has 0 N–H and O–H groups in total. The molecule has 7 rings (SSSR count). The Balaban J connectivity index is 1.02. The van der Waals surface area contributed by atoms with Gasteiger partial charge in [-0.3, -0.25) is 19.4 Å². The predicted molar refractivity (Wildman–Crippen MR) is 194 cm³/mol. The molecule has 1 aliphatic heterocycles. The summed E-state index contributed by atoms with van der Waals surface area (Å²) in [4.78, 5) is 19.0. The quantitative estimate of drug-likeness (QED) is 0.122. The molecule has 0 aliphatic carbocycles. The number of benzene rings is 3. The Morgan fingerprint density at radius 3 is 2.24 bits per heavy atom. The van der Waals surface area contributed by atoms with Gasteiger partial charge in [0.2, 0.25) is 0 Å². The minimum absolute atomic E-state index is 0.0978. The van der Waals surface area contributed by atoms with Crippen molar-refractivity contribution in [1.82, 2.24) is 33.9 Å².